The second kappa shape index (κ2) is 13.6. The Kier molecular flexibility index (Phi) is 8.98. The summed E-state index contributed by atoms with van der Waals surface area (Å²) in [5.74, 6) is 0.0655. The van der Waals surface area contributed by atoms with E-state index >= 15 is 0 Å². The number of carbonyl (C=O) groups excluding carboxylic acids is 2. The average Bonchev–Trinajstić information content (AvgIpc) is 3.08. The Hall–Kier alpha value is -4.96. The van der Waals surface area contributed by atoms with Crippen molar-refractivity contribution < 1.29 is 14.3 Å². The molecule has 0 aliphatic heterocycles. The minimum absolute atomic E-state index is 0.0260. The van der Waals surface area contributed by atoms with Crippen LogP contribution in [0.1, 0.15) is 50.6 Å². The smallest absolute Gasteiger partial charge is 0.337 e. The van der Waals surface area contributed by atoms with Crippen LogP contribution in [0.3, 0.4) is 0 Å². The van der Waals surface area contributed by atoms with E-state index in [1.807, 2.05) is 48.5 Å². The number of ether oxygens (including phenoxy) is 1. The van der Waals surface area contributed by atoms with Gasteiger partial charge in [0.2, 0.25) is 5.91 Å². The molecule has 0 fully saturated rings. The molecule has 0 heterocycles. The van der Waals surface area contributed by atoms with Crippen LogP contribution in [-0.4, -0.2) is 23.9 Å². The lowest BCUT2D eigenvalue weighted by Gasteiger charge is -2.42. The molecule has 2 atom stereocenters. The fourth-order valence-electron chi connectivity index (χ4n) is 6.53. The van der Waals surface area contributed by atoms with E-state index in [1.165, 1.54) is 23.8 Å². The van der Waals surface area contributed by atoms with Crippen LogP contribution in [0, 0.1) is 5.92 Å². The highest BCUT2D eigenvalue weighted by Crippen LogP contribution is 2.41. The van der Waals surface area contributed by atoms with E-state index in [1.54, 1.807) is 12.1 Å². The number of aryl methyl sites for hydroxylation is 1. The van der Waals surface area contributed by atoms with Gasteiger partial charge in [0.1, 0.15) is 0 Å². The number of fused-ring (bicyclic) bond motifs is 1. The maximum Gasteiger partial charge on any atom is 0.337 e. The molecule has 0 saturated heterocycles. The van der Waals surface area contributed by atoms with E-state index in [0.29, 0.717) is 24.4 Å². The molecule has 1 aliphatic rings. The maximum atomic E-state index is 14.5. The van der Waals surface area contributed by atoms with Crippen LogP contribution in [0.15, 0.2) is 133 Å². The lowest BCUT2D eigenvalue weighted by molar-refractivity contribution is -0.135. The molecule has 4 nitrogen and oxygen atoms in total. The van der Waals surface area contributed by atoms with E-state index in [-0.39, 0.29) is 17.9 Å². The van der Waals surface area contributed by atoms with Gasteiger partial charge in [-0.15, -0.1) is 0 Å². The molecule has 0 saturated carbocycles. The summed E-state index contributed by atoms with van der Waals surface area (Å²) in [5.41, 5.74) is 8.50. The first-order valence-corrected chi connectivity index (χ1v) is 15.3. The minimum Gasteiger partial charge on any atom is -0.465 e. The predicted octanol–water partition coefficient (Wildman–Crippen LogP) is 8.26. The lowest BCUT2D eigenvalue weighted by Crippen LogP contribution is -2.41. The molecule has 1 amide bonds. The van der Waals surface area contributed by atoms with Gasteiger partial charge < -0.3 is 9.64 Å². The molecule has 0 radical (unpaired) electrons. The first-order chi connectivity index (χ1) is 21.6. The van der Waals surface area contributed by atoms with Gasteiger partial charge in [-0.25, -0.2) is 4.79 Å². The first kappa shape index (κ1) is 29.1. The summed E-state index contributed by atoms with van der Waals surface area (Å²) in [6, 6.07) is 45.2. The van der Waals surface area contributed by atoms with Crippen LogP contribution in [0.25, 0.3) is 11.1 Å². The van der Waals surface area contributed by atoms with E-state index < -0.39 is 0 Å². The SMILES string of the molecule is COC(=O)c1ccc(-c2cccc(CC(=O)N(Cc3ccccc3)C3c4ccccc4CCC3Cc3ccccc3)c2)cc1. The summed E-state index contributed by atoms with van der Waals surface area (Å²) >= 11 is 0. The Balaban J connectivity index is 1.33. The van der Waals surface area contributed by atoms with Crippen molar-refractivity contribution in [1.82, 2.24) is 4.90 Å². The monoisotopic (exact) mass is 579 g/mol. The van der Waals surface area contributed by atoms with Gasteiger partial charge >= 0.3 is 5.97 Å². The molecule has 4 heteroatoms. The number of benzene rings is 5. The molecular formula is C40H37NO3. The normalized spacial score (nSPS) is 15.7. The zero-order chi connectivity index (χ0) is 30.3. The van der Waals surface area contributed by atoms with Crippen molar-refractivity contribution in [3.63, 3.8) is 0 Å². The molecule has 0 bridgehead atoms. The van der Waals surface area contributed by atoms with Crippen molar-refractivity contribution in [3.05, 3.63) is 167 Å². The Bertz CT molecular complexity index is 1710. The Morgan fingerprint density at radius 2 is 1.36 bits per heavy atom. The Morgan fingerprint density at radius 1 is 0.705 bits per heavy atom. The number of hydrogen-bond acceptors (Lipinski definition) is 3. The van der Waals surface area contributed by atoms with E-state index in [4.69, 9.17) is 4.74 Å². The zero-order valence-corrected chi connectivity index (χ0v) is 25.1. The number of hydrogen-bond donors (Lipinski definition) is 0. The molecule has 5 aromatic rings. The van der Waals surface area contributed by atoms with Crippen molar-refractivity contribution in [1.29, 1.82) is 0 Å². The van der Waals surface area contributed by atoms with Gasteiger partial charge in [-0.05, 0) is 76.3 Å². The van der Waals surface area contributed by atoms with Gasteiger partial charge in [-0.3, -0.25) is 4.79 Å². The molecule has 5 aromatic carbocycles. The molecule has 220 valence electrons. The molecule has 0 spiro atoms. The summed E-state index contributed by atoms with van der Waals surface area (Å²) in [6.07, 6.45) is 3.29. The molecule has 0 aromatic heterocycles. The van der Waals surface area contributed by atoms with Crippen molar-refractivity contribution in [2.75, 3.05) is 7.11 Å². The Morgan fingerprint density at radius 3 is 2.09 bits per heavy atom. The molecular weight excluding hydrogens is 542 g/mol. The van der Waals surface area contributed by atoms with Crippen LogP contribution >= 0.6 is 0 Å². The highest BCUT2D eigenvalue weighted by molar-refractivity contribution is 5.90. The number of nitrogens with zero attached hydrogens (tertiary/aromatic N) is 1. The van der Waals surface area contributed by atoms with Crippen molar-refractivity contribution in [3.8, 4) is 11.1 Å². The molecule has 0 N–H and O–H groups in total. The summed E-state index contributed by atoms with van der Waals surface area (Å²) < 4.78 is 4.84. The van der Waals surface area contributed by atoms with Crippen LogP contribution in [-0.2, 0) is 35.3 Å². The second-order valence-corrected chi connectivity index (χ2v) is 11.6. The molecule has 2 unspecified atom stereocenters. The van der Waals surface area contributed by atoms with Gasteiger partial charge in [-0.1, -0.05) is 121 Å². The van der Waals surface area contributed by atoms with Crippen LogP contribution in [0.5, 0.6) is 0 Å². The van der Waals surface area contributed by atoms with E-state index in [2.05, 4.69) is 77.7 Å². The zero-order valence-electron chi connectivity index (χ0n) is 25.1. The van der Waals surface area contributed by atoms with E-state index in [0.717, 1.165) is 41.5 Å². The van der Waals surface area contributed by atoms with Crippen LogP contribution < -0.4 is 0 Å². The number of amides is 1. The second-order valence-electron chi connectivity index (χ2n) is 11.6. The number of rotatable bonds is 9. The lowest BCUT2D eigenvalue weighted by atomic mass is 9.76. The number of carbonyl (C=O) groups is 2. The first-order valence-electron chi connectivity index (χ1n) is 15.3. The van der Waals surface area contributed by atoms with Gasteiger partial charge in [0.05, 0.1) is 25.1 Å². The summed E-state index contributed by atoms with van der Waals surface area (Å²) in [4.78, 5) is 28.5. The van der Waals surface area contributed by atoms with Crippen LogP contribution in [0.2, 0.25) is 0 Å². The largest absolute Gasteiger partial charge is 0.465 e. The quantitative estimate of drug-likeness (QED) is 0.165. The summed E-state index contributed by atoms with van der Waals surface area (Å²) in [6.45, 7) is 0.554. The number of methoxy groups -OCH3 is 1. The van der Waals surface area contributed by atoms with Gasteiger partial charge in [0.15, 0.2) is 0 Å². The minimum atomic E-state index is -0.357. The number of esters is 1. The standard InChI is InChI=1S/C40H37NO3/c1-44-40(43)34-22-19-32(20-23-34)35-17-10-15-31(26-35)27-38(42)41(28-30-13-6-3-7-14-30)39-36(25-29-11-4-2-5-12-29)24-21-33-16-8-9-18-37(33)39/h2-20,22-23,26,36,39H,21,24-25,27-28H2,1H3. The van der Waals surface area contributed by atoms with Crippen LogP contribution in [0.4, 0.5) is 0 Å². The molecule has 6 rings (SSSR count). The average molecular weight is 580 g/mol. The van der Waals surface area contributed by atoms with Gasteiger partial charge in [-0.2, -0.15) is 0 Å². The van der Waals surface area contributed by atoms with Gasteiger partial charge in [0, 0.05) is 6.54 Å². The topological polar surface area (TPSA) is 46.6 Å². The van der Waals surface area contributed by atoms with E-state index in [9.17, 15) is 9.59 Å². The third-order valence-corrected chi connectivity index (χ3v) is 8.72. The summed E-state index contributed by atoms with van der Waals surface area (Å²) in [7, 11) is 1.38. The third-order valence-electron chi connectivity index (χ3n) is 8.72. The predicted molar refractivity (Wildman–Crippen MR) is 175 cm³/mol. The Labute approximate surface area is 259 Å². The fourth-order valence-corrected chi connectivity index (χ4v) is 6.53. The van der Waals surface area contributed by atoms with Gasteiger partial charge in [0.25, 0.3) is 0 Å². The molecule has 1 aliphatic carbocycles. The highest BCUT2D eigenvalue weighted by Gasteiger charge is 2.36. The third kappa shape index (κ3) is 6.65. The summed E-state index contributed by atoms with van der Waals surface area (Å²) in [5, 5.41) is 0. The fraction of sp³-hybridized carbons (Fsp3) is 0.200. The highest BCUT2D eigenvalue weighted by atomic mass is 16.5. The van der Waals surface area contributed by atoms with Crippen molar-refractivity contribution in [2.45, 2.75) is 38.3 Å². The van der Waals surface area contributed by atoms with Crippen molar-refractivity contribution in [2.24, 2.45) is 5.92 Å². The van der Waals surface area contributed by atoms with Crippen molar-refractivity contribution >= 4 is 11.9 Å². The maximum absolute atomic E-state index is 14.5. The molecule has 44 heavy (non-hydrogen) atoms.